The minimum Gasteiger partial charge on any atom is -0.354 e. The van der Waals surface area contributed by atoms with Crippen molar-refractivity contribution < 1.29 is 18.1 Å². The van der Waals surface area contributed by atoms with Crippen molar-refractivity contribution in [3.8, 4) is 0 Å². The van der Waals surface area contributed by atoms with E-state index in [9.17, 15) is 23.3 Å². The molecule has 12 heteroatoms. The summed E-state index contributed by atoms with van der Waals surface area (Å²) in [5.41, 5.74) is 0.765. The smallest absolute Gasteiger partial charge is 0.312 e. The maximum atomic E-state index is 12.7. The number of aryl methyl sites for hydroxylation is 1. The van der Waals surface area contributed by atoms with Gasteiger partial charge < -0.3 is 5.32 Å². The molecule has 1 N–H and O–H groups in total. The molecule has 168 valence electrons. The van der Waals surface area contributed by atoms with Gasteiger partial charge in [0.25, 0.3) is 0 Å². The number of piperidine rings is 1. The van der Waals surface area contributed by atoms with Gasteiger partial charge in [-0.05, 0) is 51.0 Å². The van der Waals surface area contributed by atoms with Crippen molar-refractivity contribution in [1.29, 1.82) is 0 Å². The lowest BCUT2D eigenvalue weighted by molar-refractivity contribution is -0.386. The highest BCUT2D eigenvalue weighted by atomic mass is 35.5. The SMILES string of the molecule is Cc1nn(CCNC(=O)C2CCN(S(=O)(=O)c3ccc(Cl)cc3)CC2)c(C)c1[N+](=O)[O-]. The molecule has 0 unspecified atom stereocenters. The highest BCUT2D eigenvalue weighted by molar-refractivity contribution is 7.89. The van der Waals surface area contributed by atoms with Gasteiger partial charge in [-0.25, -0.2) is 8.42 Å². The first kappa shape index (κ1) is 23.2. The number of hydrogen-bond donors (Lipinski definition) is 1. The van der Waals surface area contributed by atoms with Crippen LogP contribution in [0.4, 0.5) is 5.69 Å². The molecule has 0 spiro atoms. The summed E-state index contributed by atoms with van der Waals surface area (Å²) in [6.07, 6.45) is 0.841. The van der Waals surface area contributed by atoms with Crippen LogP contribution in [0.2, 0.25) is 5.02 Å². The second kappa shape index (κ2) is 9.33. The van der Waals surface area contributed by atoms with Crippen LogP contribution in [0.15, 0.2) is 29.2 Å². The van der Waals surface area contributed by atoms with Gasteiger partial charge in [0.15, 0.2) is 0 Å². The summed E-state index contributed by atoms with van der Waals surface area (Å²) in [5, 5.41) is 18.5. The topological polar surface area (TPSA) is 127 Å². The van der Waals surface area contributed by atoms with Crippen molar-refractivity contribution in [2.24, 2.45) is 5.92 Å². The Balaban J connectivity index is 1.51. The number of carbonyl (C=O) groups excluding carboxylic acids is 1. The van der Waals surface area contributed by atoms with Crippen LogP contribution in [0, 0.1) is 29.9 Å². The van der Waals surface area contributed by atoms with Crippen LogP contribution in [0.5, 0.6) is 0 Å². The van der Waals surface area contributed by atoms with Gasteiger partial charge in [-0.15, -0.1) is 0 Å². The van der Waals surface area contributed by atoms with Crippen LogP contribution in [0.25, 0.3) is 0 Å². The number of nitrogens with zero attached hydrogens (tertiary/aromatic N) is 4. The molecule has 0 saturated carbocycles. The normalized spacial score (nSPS) is 15.7. The first-order valence-electron chi connectivity index (χ1n) is 9.83. The Morgan fingerprint density at radius 1 is 1.26 bits per heavy atom. The zero-order chi connectivity index (χ0) is 22.8. The predicted octanol–water partition coefficient (Wildman–Crippen LogP) is 2.28. The average Bonchev–Trinajstić information content (AvgIpc) is 3.01. The van der Waals surface area contributed by atoms with E-state index in [4.69, 9.17) is 11.6 Å². The summed E-state index contributed by atoms with van der Waals surface area (Å²) in [6, 6.07) is 6.01. The first-order valence-corrected chi connectivity index (χ1v) is 11.6. The van der Waals surface area contributed by atoms with Crippen molar-refractivity contribution in [3.63, 3.8) is 0 Å². The van der Waals surface area contributed by atoms with Crippen molar-refractivity contribution in [1.82, 2.24) is 19.4 Å². The average molecular weight is 470 g/mol. The van der Waals surface area contributed by atoms with Crippen molar-refractivity contribution in [3.05, 3.63) is 50.8 Å². The van der Waals surface area contributed by atoms with E-state index in [2.05, 4.69) is 10.4 Å². The largest absolute Gasteiger partial charge is 0.354 e. The molecule has 1 aromatic heterocycles. The number of halogens is 1. The van der Waals surface area contributed by atoms with Crippen molar-refractivity contribution in [2.75, 3.05) is 19.6 Å². The standard InChI is InChI=1S/C19H24ClN5O5S/c1-13-18(25(27)28)14(2)24(22-13)12-9-21-19(26)15-7-10-23(11-8-15)31(29,30)17-5-3-16(20)4-6-17/h3-6,15H,7-12H2,1-2H3,(H,21,26). The van der Waals surface area contributed by atoms with Crippen LogP contribution in [0.1, 0.15) is 24.2 Å². The van der Waals surface area contributed by atoms with E-state index in [0.29, 0.717) is 35.8 Å². The van der Waals surface area contributed by atoms with Crippen LogP contribution < -0.4 is 5.32 Å². The number of hydrogen-bond acceptors (Lipinski definition) is 6. The fourth-order valence-electron chi connectivity index (χ4n) is 3.71. The van der Waals surface area contributed by atoms with Gasteiger partial charge in [0.1, 0.15) is 11.4 Å². The third-order valence-corrected chi connectivity index (χ3v) is 7.59. The lowest BCUT2D eigenvalue weighted by Gasteiger charge is -2.30. The van der Waals surface area contributed by atoms with Gasteiger partial charge in [0, 0.05) is 30.6 Å². The molecule has 1 amide bonds. The highest BCUT2D eigenvalue weighted by Crippen LogP contribution is 2.25. The molecule has 0 aliphatic carbocycles. The molecule has 3 rings (SSSR count). The quantitative estimate of drug-likeness (QED) is 0.489. The number of amides is 1. The number of sulfonamides is 1. The zero-order valence-corrected chi connectivity index (χ0v) is 18.8. The minimum absolute atomic E-state index is 0.0133. The third-order valence-electron chi connectivity index (χ3n) is 5.42. The number of nitrogens with one attached hydrogen (secondary N) is 1. The summed E-state index contributed by atoms with van der Waals surface area (Å²) in [7, 11) is -3.62. The number of benzene rings is 1. The monoisotopic (exact) mass is 469 g/mol. The van der Waals surface area contributed by atoms with Crippen LogP contribution in [-0.2, 0) is 21.4 Å². The van der Waals surface area contributed by atoms with Crippen molar-refractivity contribution >= 4 is 33.2 Å². The fourth-order valence-corrected chi connectivity index (χ4v) is 5.31. The molecule has 1 fully saturated rings. The molecule has 1 saturated heterocycles. The van der Waals surface area contributed by atoms with Gasteiger partial charge in [-0.3, -0.25) is 19.6 Å². The van der Waals surface area contributed by atoms with Crippen LogP contribution in [0.3, 0.4) is 0 Å². The number of rotatable bonds is 7. The molecular weight excluding hydrogens is 446 g/mol. The maximum Gasteiger partial charge on any atom is 0.312 e. The summed E-state index contributed by atoms with van der Waals surface area (Å²) in [6.45, 7) is 4.31. The number of carbonyl (C=O) groups is 1. The minimum atomic E-state index is -3.62. The highest BCUT2D eigenvalue weighted by Gasteiger charge is 2.32. The van der Waals surface area contributed by atoms with Gasteiger partial charge in [0.05, 0.1) is 16.4 Å². The number of nitro groups is 1. The molecule has 1 aromatic carbocycles. The molecule has 2 aromatic rings. The Kier molecular flexibility index (Phi) is 6.97. The van der Waals surface area contributed by atoms with E-state index in [0.717, 1.165) is 0 Å². The van der Waals surface area contributed by atoms with Gasteiger partial charge in [0.2, 0.25) is 15.9 Å². The summed E-state index contributed by atoms with van der Waals surface area (Å²) >= 11 is 5.83. The Labute approximate surface area is 185 Å². The Morgan fingerprint density at radius 3 is 2.42 bits per heavy atom. The summed E-state index contributed by atoms with van der Waals surface area (Å²) in [5.74, 6) is -0.439. The van der Waals surface area contributed by atoms with Crippen LogP contribution >= 0.6 is 11.6 Å². The van der Waals surface area contributed by atoms with E-state index in [1.807, 2.05) is 0 Å². The van der Waals surface area contributed by atoms with Gasteiger partial charge in [-0.1, -0.05) is 11.6 Å². The molecule has 0 atom stereocenters. The predicted molar refractivity (Wildman–Crippen MR) is 114 cm³/mol. The summed E-state index contributed by atoms with van der Waals surface area (Å²) < 4.78 is 28.4. The lowest BCUT2D eigenvalue weighted by atomic mass is 9.97. The summed E-state index contributed by atoms with van der Waals surface area (Å²) in [4.78, 5) is 23.3. The maximum absolute atomic E-state index is 12.7. The fraction of sp³-hybridized carbons (Fsp3) is 0.474. The molecule has 0 bridgehead atoms. The van der Waals surface area contributed by atoms with Gasteiger partial charge >= 0.3 is 5.69 Å². The third kappa shape index (κ3) is 5.05. The molecule has 1 aliphatic heterocycles. The molecule has 2 heterocycles. The lowest BCUT2D eigenvalue weighted by Crippen LogP contribution is -2.43. The number of aromatic nitrogens is 2. The van der Waals surface area contributed by atoms with E-state index >= 15 is 0 Å². The first-order chi connectivity index (χ1) is 14.6. The molecule has 0 radical (unpaired) electrons. The molecule has 10 nitrogen and oxygen atoms in total. The second-order valence-corrected chi connectivity index (χ2v) is 9.80. The molecule has 1 aliphatic rings. The van der Waals surface area contributed by atoms with Crippen molar-refractivity contribution in [2.45, 2.75) is 38.1 Å². The Hall–Kier alpha value is -2.50. The van der Waals surface area contributed by atoms with E-state index in [-0.39, 0.29) is 42.0 Å². The Bertz CT molecular complexity index is 1080. The van der Waals surface area contributed by atoms with Crippen LogP contribution in [-0.4, -0.2) is 53.0 Å². The Morgan fingerprint density at radius 2 is 1.87 bits per heavy atom. The van der Waals surface area contributed by atoms with E-state index in [1.165, 1.54) is 33.3 Å². The molecular formula is C19H24ClN5O5S. The molecule has 31 heavy (non-hydrogen) atoms. The second-order valence-electron chi connectivity index (χ2n) is 7.42. The van der Waals surface area contributed by atoms with E-state index in [1.54, 1.807) is 13.8 Å². The zero-order valence-electron chi connectivity index (χ0n) is 17.2. The van der Waals surface area contributed by atoms with Gasteiger partial charge in [-0.2, -0.15) is 9.40 Å². The van der Waals surface area contributed by atoms with E-state index < -0.39 is 14.9 Å².